The number of aryl methyl sites for hydroxylation is 1. The van der Waals surface area contributed by atoms with Crippen LogP contribution in [0.2, 0.25) is 0 Å². The number of fused-ring (bicyclic) bond motifs is 12. The van der Waals surface area contributed by atoms with Crippen molar-refractivity contribution in [3.63, 3.8) is 0 Å². The second kappa shape index (κ2) is 11.4. The van der Waals surface area contributed by atoms with E-state index in [0.717, 1.165) is 64.5 Å². The van der Waals surface area contributed by atoms with Gasteiger partial charge in [-0.15, -0.1) is 0 Å². The molecule has 0 saturated carbocycles. The van der Waals surface area contributed by atoms with Gasteiger partial charge in [-0.1, -0.05) is 109 Å². The van der Waals surface area contributed by atoms with Crippen molar-refractivity contribution < 1.29 is 8.83 Å². The topological polar surface area (TPSA) is 26.3 Å². The summed E-state index contributed by atoms with van der Waals surface area (Å²) in [5, 5.41) is 10.9. The molecule has 0 unspecified atom stereocenters. The summed E-state index contributed by atoms with van der Waals surface area (Å²) >= 11 is 0. The van der Waals surface area contributed by atoms with E-state index >= 15 is 0 Å². The van der Waals surface area contributed by atoms with Gasteiger partial charge in [0.2, 0.25) is 0 Å². The Labute approximate surface area is 312 Å². The molecule has 54 heavy (non-hydrogen) atoms. The minimum absolute atomic E-state index is 0.901. The molecule has 8 aromatic carbocycles. The van der Waals surface area contributed by atoms with Gasteiger partial charge >= 0.3 is 0 Å². The highest BCUT2D eigenvalue weighted by atomic mass is 16.3. The third-order valence-electron chi connectivity index (χ3n) is 12.0. The molecule has 10 aromatic rings. The predicted molar refractivity (Wildman–Crippen MR) is 227 cm³/mol. The average Bonchev–Trinajstić information content (AvgIpc) is 3.81. The first-order valence-electron chi connectivity index (χ1n) is 19.1. The van der Waals surface area contributed by atoms with E-state index in [1.165, 1.54) is 82.2 Å². The highest BCUT2D eigenvalue weighted by molar-refractivity contribution is 6.25. The molecular weight excluding hydrogens is 657 g/mol. The van der Waals surface area contributed by atoms with Crippen LogP contribution in [0.1, 0.15) is 35.3 Å². The van der Waals surface area contributed by atoms with Gasteiger partial charge < -0.3 is 8.83 Å². The van der Waals surface area contributed by atoms with Gasteiger partial charge in [0.15, 0.2) is 0 Å². The summed E-state index contributed by atoms with van der Waals surface area (Å²) in [7, 11) is 0. The minimum atomic E-state index is 0.901. The van der Waals surface area contributed by atoms with Gasteiger partial charge in [0, 0.05) is 21.7 Å². The molecule has 12 rings (SSSR count). The van der Waals surface area contributed by atoms with E-state index in [1.54, 1.807) is 0 Å². The van der Waals surface area contributed by atoms with Crippen molar-refractivity contribution in [2.24, 2.45) is 0 Å². The second-order valence-corrected chi connectivity index (χ2v) is 14.9. The largest absolute Gasteiger partial charge is 0.456 e. The van der Waals surface area contributed by atoms with Gasteiger partial charge in [0.1, 0.15) is 22.5 Å². The Kier molecular flexibility index (Phi) is 6.32. The lowest BCUT2D eigenvalue weighted by Gasteiger charge is -2.19. The number of benzene rings is 8. The Bertz CT molecular complexity index is 3220. The van der Waals surface area contributed by atoms with Gasteiger partial charge in [-0.3, -0.25) is 0 Å². The molecule has 0 aliphatic heterocycles. The maximum Gasteiger partial charge on any atom is 0.136 e. The van der Waals surface area contributed by atoms with E-state index in [-0.39, 0.29) is 0 Å². The van der Waals surface area contributed by atoms with Crippen LogP contribution in [0.25, 0.3) is 111 Å². The zero-order chi connectivity index (χ0) is 35.3. The van der Waals surface area contributed by atoms with Crippen LogP contribution in [-0.2, 0) is 12.8 Å². The molecule has 254 valence electrons. The van der Waals surface area contributed by atoms with Gasteiger partial charge in [-0.25, -0.2) is 0 Å². The minimum Gasteiger partial charge on any atom is -0.456 e. The normalized spacial score (nSPS) is 13.9. The third-order valence-corrected chi connectivity index (χ3v) is 12.0. The van der Waals surface area contributed by atoms with Crippen LogP contribution in [0.3, 0.4) is 0 Å². The van der Waals surface area contributed by atoms with Gasteiger partial charge in [0.25, 0.3) is 0 Å². The number of hydrogen-bond donors (Lipinski definition) is 0. The Balaban J connectivity index is 1.06. The summed E-state index contributed by atoms with van der Waals surface area (Å²) in [6.45, 7) is 0. The highest BCUT2D eigenvalue weighted by Crippen LogP contribution is 2.47. The van der Waals surface area contributed by atoms with E-state index in [1.807, 2.05) is 0 Å². The molecule has 0 fully saturated rings. The maximum atomic E-state index is 6.70. The molecule has 0 N–H and O–H groups in total. The van der Waals surface area contributed by atoms with Crippen LogP contribution in [-0.4, -0.2) is 0 Å². The maximum absolute atomic E-state index is 6.70. The van der Waals surface area contributed by atoms with Crippen LogP contribution in [0, 0.1) is 0 Å². The third kappa shape index (κ3) is 4.28. The lowest BCUT2D eigenvalue weighted by atomic mass is 9.84. The molecule has 2 nitrogen and oxygen atoms in total. The fraction of sp³-hybridized carbons (Fsp3) is 0.0769. The highest BCUT2D eigenvalue weighted by Gasteiger charge is 2.22. The molecule has 0 radical (unpaired) electrons. The Morgan fingerprint density at radius 3 is 1.76 bits per heavy atom. The smallest absolute Gasteiger partial charge is 0.136 e. The van der Waals surface area contributed by atoms with Crippen molar-refractivity contribution in [1.82, 2.24) is 0 Å². The van der Waals surface area contributed by atoms with Crippen LogP contribution >= 0.6 is 0 Å². The molecule has 2 heteroatoms. The standard InChI is InChI=1S/C52H34O2/c1-2-15-35-31(11-1)12-10-21-36(35)32-13-9-14-33(29-32)49-37-16-3-5-18-39(37)50(40-19-6-4-17-38(40)49)34-23-24-44-48(30-34)54-47-28-26-41-42(52(44)47)25-27-46-51(41)43-20-7-8-22-45(43)53-46/h1,3-6,8-14,16-19,21-30H,2,7,15,20H2. The Morgan fingerprint density at radius 1 is 0.389 bits per heavy atom. The summed E-state index contributed by atoms with van der Waals surface area (Å²) in [4.78, 5) is 0. The first-order valence-corrected chi connectivity index (χ1v) is 19.1. The van der Waals surface area contributed by atoms with Crippen molar-refractivity contribution in [2.45, 2.75) is 25.7 Å². The Hall–Kier alpha value is -6.64. The van der Waals surface area contributed by atoms with Gasteiger partial charge in [0.05, 0.1) is 0 Å². The number of furan rings is 2. The van der Waals surface area contributed by atoms with E-state index in [4.69, 9.17) is 8.83 Å². The van der Waals surface area contributed by atoms with Gasteiger partial charge in [-0.05, 0) is 151 Å². The molecule has 2 heterocycles. The van der Waals surface area contributed by atoms with Gasteiger partial charge in [-0.2, -0.15) is 0 Å². The van der Waals surface area contributed by atoms with Crippen LogP contribution in [0.15, 0.2) is 154 Å². The number of hydrogen-bond acceptors (Lipinski definition) is 2. The first kappa shape index (κ1) is 29.9. The van der Waals surface area contributed by atoms with Crippen molar-refractivity contribution in [3.8, 4) is 33.4 Å². The summed E-state index contributed by atoms with van der Waals surface area (Å²) in [5.74, 6) is 0.996. The Morgan fingerprint density at radius 2 is 1.00 bits per heavy atom. The number of allylic oxidation sites excluding steroid dienone is 2. The van der Waals surface area contributed by atoms with Crippen molar-refractivity contribution in [1.29, 1.82) is 0 Å². The number of rotatable bonds is 3. The van der Waals surface area contributed by atoms with Crippen molar-refractivity contribution in [3.05, 3.63) is 168 Å². The average molecular weight is 691 g/mol. The van der Waals surface area contributed by atoms with E-state index in [9.17, 15) is 0 Å². The summed E-state index contributed by atoms with van der Waals surface area (Å²) in [5.41, 5.74) is 14.4. The van der Waals surface area contributed by atoms with E-state index in [0.29, 0.717) is 0 Å². The molecule has 0 spiro atoms. The predicted octanol–water partition coefficient (Wildman–Crippen LogP) is 14.7. The van der Waals surface area contributed by atoms with Crippen molar-refractivity contribution >= 4 is 77.4 Å². The zero-order valence-electron chi connectivity index (χ0n) is 29.7. The summed E-state index contributed by atoms with van der Waals surface area (Å²) < 4.78 is 13.0. The molecule has 0 amide bonds. The zero-order valence-corrected chi connectivity index (χ0v) is 29.7. The summed E-state index contributed by atoms with van der Waals surface area (Å²) in [6.07, 6.45) is 13.1. The molecule has 0 bridgehead atoms. The first-order chi connectivity index (χ1) is 26.8. The lowest BCUT2D eigenvalue weighted by Crippen LogP contribution is -1.97. The summed E-state index contributed by atoms with van der Waals surface area (Å²) in [6, 6.07) is 49.2. The quantitative estimate of drug-likeness (QED) is 0.173. The lowest BCUT2D eigenvalue weighted by molar-refractivity contribution is 0.595. The molecule has 2 aliphatic rings. The fourth-order valence-corrected chi connectivity index (χ4v) is 9.66. The van der Waals surface area contributed by atoms with Crippen molar-refractivity contribution in [2.75, 3.05) is 0 Å². The monoisotopic (exact) mass is 690 g/mol. The molecule has 0 saturated heterocycles. The fourth-order valence-electron chi connectivity index (χ4n) is 9.66. The molecule has 2 aliphatic carbocycles. The van der Waals surface area contributed by atoms with E-state index < -0.39 is 0 Å². The van der Waals surface area contributed by atoms with Crippen LogP contribution < -0.4 is 0 Å². The molecule has 0 atom stereocenters. The molecular formula is C52H34O2. The van der Waals surface area contributed by atoms with Crippen LogP contribution in [0.4, 0.5) is 0 Å². The second-order valence-electron chi connectivity index (χ2n) is 14.9. The van der Waals surface area contributed by atoms with Crippen LogP contribution in [0.5, 0.6) is 0 Å². The molecule has 2 aromatic heterocycles. The SMILES string of the molecule is C1=Cc2cccc(-c3cccc(-c4c5ccccc5c(-c5ccc6c(c5)oc5ccc7c(ccc8oc9c(c87)CCC=C9)c56)c5ccccc45)c3)c2CC1. The van der Waals surface area contributed by atoms with E-state index in [2.05, 4.69) is 158 Å².